The number of hydrogen-bond donors (Lipinski definition) is 1. The van der Waals surface area contributed by atoms with E-state index in [1.165, 1.54) is 0 Å². The SMILES string of the molecule is CCN/C=C\C(C)Cn1c(-c2ccc(N(CC)CC)nc2)nc2c(OC)cccc21. The Morgan fingerprint density at radius 2 is 1.97 bits per heavy atom. The largest absolute Gasteiger partial charge is 0.494 e. The Balaban J connectivity index is 2.04. The molecule has 2 heterocycles. The van der Waals surface area contributed by atoms with Crippen molar-refractivity contribution in [1.29, 1.82) is 0 Å². The number of allylic oxidation sites excluding steroid dienone is 1. The van der Waals surface area contributed by atoms with Crippen molar-refractivity contribution in [1.82, 2.24) is 19.9 Å². The molecule has 6 nitrogen and oxygen atoms in total. The van der Waals surface area contributed by atoms with Crippen LogP contribution in [0.3, 0.4) is 0 Å². The number of imidazole rings is 1. The summed E-state index contributed by atoms with van der Waals surface area (Å²) in [6, 6.07) is 10.3. The van der Waals surface area contributed by atoms with Crippen LogP contribution in [0.2, 0.25) is 0 Å². The van der Waals surface area contributed by atoms with Gasteiger partial charge in [-0.2, -0.15) is 0 Å². The van der Waals surface area contributed by atoms with Crippen LogP contribution in [0, 0.1) is 5.92 Å². The zero-order valence-electron chi connectivity index (χ0n) is 18.7. The Bertz CT molecular complexity index is 973. The van der Waals surface area contributed by atoms with Gasteiger partial charge in [0.2, 0.25) is 0 Å². The summed E-state index contributed by atoms with van der Waals surface area (Å²) in [5, 5.41) is 3.25. The summed E-state index contributed by atoms with van der Waals surface area (Å²) in [6.07, 6.45) is 6.16. The van der Waals surface area contributed by atoms with E-state index in [9.17, 15) is 0 Å². The van der Waals surface area contributed by atoms with Gasteiger partial charge >= 0.3 is 0 Å². The fourth-order valence-electron chi connectivity index (χ4n) is 3.64. The summed E-state index contributed by atoms with van der Waals surface area (Å²) in [5.41, 5.74) is 2.96. The first-order valence-electron chi connectivity index (χ1n) is 10.8. The summed E-state index contributed by atoms with van der Waals surface area (Å²) in [6.45, 7) is 12.2. The fraction of sp³-hybridized carbons (Fsp3) is 0.417. The number of aromatic nitrogens is 3. The van der Waals surface area contributed by atoms with E-state index < -0.39 is 0 Å². The average molecular weight is 408 g/mol. The number of rotatable bonds is 10. The summed E-state index contributed by atoms with van der Waals surface area (Å²) in [5.74, 6) is 3.04. The molecule has 1 unspecified atom stereocenters. The molecule has 0 aliphatic heterocycles. The van der Waals surface area contributed by atoms with Crippen molar-refractivity contribution in [3.05, 3.63) is 48.8 Å². The smallest absolute Gasteiger partial charge is 0.146 e. The lowest BCUT2D eigenvalue weighted by molar-refractivity contribution is 0.419. The number of anilines is 1. The van der Waals surface area contributed by atoms with E-state index in [2.05, 4.69) is 66.8 Å². The van der Waals surface area contributed by atoms with Gasteiger partial charge in [-0.3, -0.25) is 0 Å². The van der Waals surface area contributed by atoms with Crippen LogP contribution in [-0.2, 0) is 6.54 Å². The zero-order chi connectivity index (χ0) is 21.5. The first-order valence-corrected chi connectivity index (χ1v) is 10.8. The molecule has 0 aliphatic carbocycles. The van der Waals surface area contributed by atoms with E-state index in [0.29, 0.717) is 5.92 Å². The number of nitrogens with zero attached hydrogens (tertiary/aromatic N) is 4. The minimum Gasteiger partial charge on any atom is -0.494 e. The zero-order valence-corrected chi connectivity index (χ0v) is 18.7. The standard InChI is InChI=1S/C24H33N5O/c1-6-25-15-14-18(4)17-29-20-10-9-11-21(30-5)23(20)27-24(29)19-12-13-22(26-16-19)28(7-2)8-3/h9-16,18,25H,6-8,17H2,1-5H3/b15-14-. The monoisotopic (exact) mass is 407 g/mol. The highest BCUT2D eigenvalue weighted by molar-refractivity contribution is 5.86. The van der Waals surface area contributed by atoms with Crippen molar-refractivity contribution < 1.29 is 4.74 Å². The summed E-state index contributed by atoms with van der Waals surface area (Å²) >= 11 is 0. The van der Waals surface area contributed by atoms with Crippen LogP contribution in [0.25, 0.3) is 22.4 Å². The molecule has 3 rings (SSSR count). The second-order valence-electron chi connectivity index (χ2n) is 7.35. The van der Waals surface area contributed by atoms with Crippen LogP contribution in [0.5, 0.6) is 5.75 Å². The Labute approximate surface area is 179 Å². The van der Waals surface area contributed by atoms with E-state index in [1.54, 1.807) is 7.11 Å². The molecule has 30 heavy (non-hydrogen) atoms. The minimum atomic E-state index is 0.342. The van der Waals surface area contributed by atoms with Gasteiger partial charge in [0, 0.05) is 37.9 Å². The first kappa shape index (κ1) is 21.7. The number of pyridine rings is 1. The Morgan fingerprint density at radius 3 is 2.60 bits per heavy atom. The molecule has 0 saturated heterocycles. The maximum atomic E-state index is 5.57. The maximum absolute atomic E-state index is 5.57. The Morgan fingerprint density at radius 1 is 1.17 bits per heavy atom. The molecule has 1 atom stereocenters. The van der Waals surface area contributed by atoms with E-state index in [-0.39, 0.29) is 0 Å². The second kappa shape index (κ2) is 10.1. The van der Waals surface area contributed by atoms with Crippen molar-refractivity contribution in [3.8, 4) is 17.1 Å². The van der Waals surface area contributed by atoms with Crippen molar-refractivity contribution in [2.24, 2.45) is 5.92 Å². The third-order valence-electron chi connectivity index (χ3n) is 5.27. The molecule has 160 valence electrons. The molecular formula is C24H33N5O. The topological polar surface area (TPSA) is 55.2 Å². The third-order valence-corrected chi connectivity index (χ3v) is 5.27. The highest BCUT2D eigenvalue weighted by Crippen LogP contribution is 2.31. The van der Waals surface area contributed by atoms with Gasteiger partial charge in [0.15, 0.2) is 0 Å². The third kappa shape index (κ3) is 4.58. The maximum Gasteiger partial charge on any atom is 0.146 e. The van der Waals surface area contributed by atoms with Gasteiger partial charge in [0.05, 0.1) is 12.6 Å². The second-order valence-corrected chi connectivity index (χ2v) is 7.35. The molecule has 1 aromatic carbocycles. The number of para-hydroxylation sites is 1. The number of hydrogen-bond acceptors (Lipinski definition) is 5. The van der Waals surface area contributed by atoms with E-state index in [4.69, 9.17) is 14.7 Å². The van der Waals surface area contributed by atoms with Crippen molar-refractivity contribution in [3.63, 3.8) is 0 Å². The van der Waals surface area contributed by atoms with Crippen LogP contribution in [0.1, 0.15) is 27.7 Å². The molecular weight excluding hydrogens is 374 g/mol. The van der Waals surface area contributed by atoms with Gasteiger partial charge in [-0.25, -0.2) is 9.97 Å². The highest BCUT2D eigenvalue weighted by Gasteiger charge is 2.17. The predicted molar refractivity (Wildman–Crippen MR) is 125 cm³/mol. The van der Waals surface area contributed by atoms with Gasteiger partial charge in [-0.1, -0.05) is 19.1 Å². The molecule has 3 aromatic rings. The van der Waals surface area contributed by atoms with Crippen LogP contribution in [0.15, 0.2) is 48.8 Å². The van der Waals surface area contributed by atoms with Crippen molar-refractivity contribution in [2.75, 3.05) is 31.6 Å². The molecule has 0 bridgehead atoms. The number of fused-ring (bicyclic) bond motifs is 1. The number of methoxy groups -OCH3 is 1. The predicted octanol–water partition coefficient (Wildman–Crippen LogP) is 4.71. The van der Waals surface area contributed by atoms with Gasteiger partial charge in [0.25, 0.3) is 0 Å². The van der Waals surface area contributed by atoms with Crippen LogP contribution in [0.4, 0.5) is 5.82 Å². The fourth-order valence-corrected chi connectivity index (χ4v) is 3.64. The quantitative estimate of drug-likeness (QED) is 0.527. The molecule has 0 amide bonds. The van der Waals surface area contributed by atoms with E-state index in [0.717, 1.165) is 60.2 Å². The molecule has 6 heteroatoms. The molecule has 1 N–H and O–H groups in total. The first-order chi connectivity index (χ1) is 14.6. The lowest BCUT2D eigenvalue weighted by atomic mass is 10.1. The van der Waals surface area contributed by atoms with Gasteiger partial charge in [-0.15, -0.1) is 0 Å². The number of benzene rings is 1. The summed E-state index contributed by atoms with van der Waals surface area (Å²) in [7, 11) is 1.69. The molecule has 0 saturated carbocycles. The molecule has 0 spiro atoms. The molecule has 0 radical (unpaired) electrons. The minimum absolute atomic E-state index is 0.342. The normalized spacial score (nSPS) is 12.4. The average Bonchev–Trinajstić information content (AvgIpc) is 3.13. The van der Waals surface area contributed by atoms with Crippen molar-refractivity contribution >= 4 is 16.9 Å². The van der Waals surface area contributed by atoms with Crippen LogP contribution in [-0.4, -0.2) is 41.3 Å². The Hall–Kier alpha value is -3.02. The molecule has 0 aliphatic rings. The molecule has 2 aromatic heterocycles. The number of ether oxygens (including phenoxy) is 1. The van der Waals surface area contributed by atoms with Crippen LogP contribution >= 0.6 is 0 Å². The molecule has 0 fully saturated rings. The summed E-state index contributed by atoms with van der Waals surface area (Å²) in [4.78, 5) is 11.9. The van der Waals surface area contributed by atoms with E-state index >= 15 is 0 Å². The number of nitrogens with one attached hydrogen (secondary N) is 1. The van der Waals surface area contributed by atoms with E-state index in [1.807, 2.05) is 24.5 Å². The summed E-state index contributed by atoms with van der Waals surface area (Å²) < 4.78 is 7.84. The lowest BCUT2D eigenvalue weighted by Crippen LogP contribution is -2.22. The van der Waals surface area contributed by atoms with Gasteiger partial charge in [-0.05, 0) is 57.2 Å². The van der Waals surface area contributed by atoms with Crippen LogP contribution < -0.4 is 15.0 Å². The lowest BCUT2D eigenvalue weighted by Gasteiger charge is -2.19. The van der Waals surface area contributed by atoms with Crippen molar-refractivity contribution in [2.45, 2.75) is 34.2 Å². The van der Waals surface area contributed by atoms with Gasteiger partial charge < -0.3 is 19.5 Å². The Kier molecular flexibility index (Phi) is 7.33. The highest BCUT2D eigenvalue weighted by atomic mass is 16.5. The van der Waals surface area contributed by atoms with Gasteiger partial charge in [0.1, 0.15) is 22.9 Å².